The minimum absolute atomic E-state index is 0.0657. The van der Waals surface area contributed by atoms with E-state index in [4.69, 9.17) is 21.1 Å². The molecule has 0 aliphatic carbocycles. The van der Waals surface area contributed by atoms with Crippen molar-refractivity contribution in [1.82, 2.24) is 0 Å². The van der Waals surface area contributed by atoms with Gasteiger partial charge >= 0.3 is 0 Å². The highest BCUT2D eigenvalue weighted by Crippen LogP contribution is 2.37. The van der Waals surface area contributed by atoms with E-state index in [1.807, 2.05) is 72.8 Å². The summed E-state index contributed by atoms with van der Waals surface area (Å²) < 4.78 is 11.3. The highest BCUT2D eigenvalue weighted by molar-refractivity contribution is 6.32. The number of rotatable bonds is 7. The fourth-order valence-electron chi connectivity index (χ4n) is 3.53. The Morgan fingerprint density at radius 2 is 1.76 bits per heavy atom. The van der Waals surface area contributed by atoms with Crippen LogP contribution in [0.5, 0.6) is 11.5 Å². The quantitative estimate of drug-likeness (QED) is 0.244. The van der Waals surface area contributed by atoms with Gasteiger partial charge in [-0.15, -0.1) is 0 Å². The molecular formula is C28H21ClN2O3. The number of nitrogens with one attached hydrogen (secondary N) is 1. The molecule has 1 N–H and O–H groups in total. The van der Waals surface area contributed by atoms with Crippen LogP contribution in [-0.2, 0) is 11.4 Å². The number of halogens is 1. The maximum Gasteiger partial charge on any atom is 0.266 e. The molecule has 4 aromatic carbocycles. The van der Waals surface area contributed by atoms with Crippen molar-refractivity contribution in [2.24, 2.45) is 0 Å². The molecule has 0 fully saturated rings. The molecule has 0 bridgehead atoms. The number of carbonyl (C=O) groups excluding carboxylic acids is 1. The highest BCUT2D eigenvalue weighted by Gasteiger charge is 2.15. The molecule has 168 valence electrons. The summed E-state index contributed by atoms with van der Waals surface area (Å²) in [4.78, 5) is 12.9. The van der Waals surface area contributed by atoms with Crippen molar-refractivity contribution in [1.29, 1.82) is 5.26 Å². The lowest BCUT2D eigenvalue weighted by molar-refractivity contribution is -0.112. The van der Waals surface area contributed by atoms with Crippen molar-refractivity contribution < 1.29 is 14.3 Å². The normalized spacial score (nSPS) is 11.0. The molecule has 34 heavy (non-hydrogen) atoms. The number of anilines is 1. The van der Waals surface area contributed by atoms with E-state index in [1.54, 1.807) is 18.2 Å². The summed E-state index contributed by atoms with van der Waals surface area (Å²) in [6, 6.07) is 28.3. The molecule has 0 saturated heterocycles. The first-order chi connectivity index (χ1) is 16.6. The number of amides is 1. The Morgan fingerprint density at radius 3 is 2.53 bits per heavy atom. The van der Waals surface area contributed by atoms with Gasteiger partial charge in [-0.25, -0.2) is 0 Å². The van der Waals surface area contributed by atoms with E-state index in [-0.39, 0.29) is 5.57 Å². The lowest BCUT2D eigenvalue weighted by Gasteiger charge is -2.14. The van der Waals surface area contributed by atoms with E-state index in [0.717, 1.165) is 16.3 Å². The number of nitrogens with zero attached hydrogens (tertiary/aromatic N) is 1. The zero-order chi connectivity index (χ0) is 23.9. The number of benzene rings is 4. The van der Waals surface area contributed by atoms with Gasteiger partial charge in [-0.2, -0.15) is 5.26 Å². The van der Waals surface area contributed by atoms with Gasteiger partial charge in [0.15, 0.2) is 11.5 Å². The van der Waals surface area contributed by atoms with Crippen LogP contribution >= 0.6 is 11.6 Å². The van der Waals surface area contributed by atoms with Crippen molar-refractivity contribution in [3.63, 3.8) is 0 Å². The van der Waals surface area contributed by atoms with Crippen LogP contribution < -0.4 is 14.8 Å². The third-order valence-corrected chi connectivity index (χ3v) is 5.47. The molecule has 1 amide bonds. The summed E-state index contributed by atoms with van der Waals surface area (Å²) in [5, 5.41) is 14.7. The second-order valence-corrected chi connectivity index (χ2v) is 7.87. The van der Waals surface area contributed by atoms with Gasteiger partial charge in [0.2, 0.25) is 0 Å². The number of carbonyl (C=O) groups is 1. The maximum atomic E-state index is 12.9. The van der Waals surface area contributed by atoms with Gasteiger partial charge in [0.1, 0.15) is 18.2 Å². The second kappa shape index (κ2) is 10.6. The zero-order valence-electron chi connectivity index (χ0n) is 18.4. The summed E-state index contributed by atoms with van der Waals surface area (Å²) in [6.07, 6.45) is 1.47. The Bertz CT molecular complexity index is 1400. The van der Waals surface area contributed by atoms with E-state index in [0.29, 0.717) is 34.4 Å². The number of hydrogen-bond donors (Lipinski definition) is 1. The van der Waals surface area contributed by atoms with Crippen LogP contribution in [0.4, 0.5) is 5.69 Å². The Labute approximate surface area is 202 Å². The van der Waals surface area contributed by atoms with Crippen LogP contribution in [0.1, 0.15) is 11.1 Å². The molecule has 4 aromatic rings. The summed E-state index contributed by atoms with van der Waals surface area (Å²) in [5.41, 5.74) is 2.09. The molecule has 0 aromatic heterocycles. The summed E-state index contributed by atoms with van der Waals surface area (Å²) >= 11 is 6.46. The number of fused-ring (bicyclic) bond motifs is 1. The summed E-state index contributed by atoms with van der Waals surface area (Å²) in [5.74, 6) is 0.281. The van der Waals surface area contributed by atoms with Gasteiger partial charge in [0.25, 0.3) is 5.91 Å². The molecule has 0 atom stereocenters. The van der Waals surface area contributed by atoms with Crippen molar-refractivity contribution in [3.8, 4) is 17.6 Å². The molecular weight excluding hydrogens is 448 g/mol. The standard InChI is InChI=1S/C28H21ClN2O3/c1-33-26-16-20(15-24(29)27(26)34-18-19-8-3-2-4-9-19)14-22(17-30)28(32)31-25-13-7-11-21-10-5-6-12-23(21)25/h2-16H,18H2,1H3,(H,31,32)/b22-14+. The molecule has 0 aliphatic rings. The molecule has 6 heteroatoms. The molecule has 0 heterocycles. The summed E-state index contributed by atoms with van der Waals surface area (Å²) in [7, 11) is 1.51. The van der Waals surface area contributed by atoms with Gasteiger partial charge in [0.05, 0.1) is 12.1 Å². The maximum absolute atomic E-state index is 12.9. The van der Waals surface area contributed by atoms with Crippen LogP contribution in [0.3, 0.4) is 0 Å². The van der Waals surface area contributed by atoms with Gasteiger partial charge in [-0.05, 0) is 40.8 Å². The van der Waals surface area contributed by atoms with Crippen molar-refractivity contribution >= 4 is 40.0 Å². The van der Waals surface area contributed by atoms with Crippen molar-refractivity contribution in [2.45, 2.75) is 6.61 Å². The highest BCUT2D eigenvalue weighted by atomic mass is 35.5. The van der Waals surface area contributed by atoms with E-state index in [2.05, 4.69) is 5.32 Å². The average Bonchev–Trinajstić information content (AvgIpc) is 2.87. The van der Waals surface area contributed by atoms with E-state index < -0.39 is 5.91 Å². The van der Waals surface area contributed by atoms with Crippen LogP contribution in [0, 0.1) is 11.3 Å². The predicted octanol–water partition coefficient (Wildman–Crippen LogP) is 6.63. The number of hydrogen-bond acceptors (Lipinski definition) is 4. The topological polar surface area (TPSA) is 71.3 Å². The first-order valence-electron chi connectivity index (χ1n) is 10.5. The number of nitriles is 1. The van der Waals surface area contributed by atoms with Gasteiger partial charge < -0.3 is 14.8 Å². The predicted molar refractivity (Wildman–Crippen MR) is 135 cm³/mol. The van der Waals surface area contributed by atoms with Crippen molar-refractivity contribution in [2.75, 3.05) is 12.4 Å². The van der Waals surface area contributed by atoms with Gasteiger partial charge in [-0.3, -0.25) is 4.79 Å². The fraction of sp³-hybridized carbons (Fsp3) is 0.0714. The van der Waals surface area contributed by atoms with Crippen LogP contribution in [-0.4, -0.2) is 13.0 Å². The third-order valence-electron chi connectivity index (χ3n) is 5.19. The van der Waals surface area contributed by atoms with Crippen LogP contribution in [0.25, 0.3) is 16.8 Å². The van der Waals surface area contributed by atoms with Gasteiger partial charge in [0, 0.05) is 11.1 Å². The molecule has 0 unspecified atom stereocenters. The van der Waals surface area contributed by atoms with E-state index in [1.165, 1.54) is 13.2 Å². The summed E-state index contributed by atoms with van der Waals surface area (Å²) in [6.45, 7) is 0.322. The van der Waals surface area contributed by atoms with Crippen LogP contribution in [0.2, 0.25) is 5.02 Å². The molecule has 0 radical (unpaired) electrons. The van der Waals surface area contributed by atoms with Crippen molar-refractivity contribution in [3.05, 3.63) is 107 Å². The SMILES string of the molecule is COc1cc(/C=C(\C#N)C(=O)Nc2cccc3ccccc23)cc(Cl)c1OCc1ccccc1. The fourth-order valence-corrected chi connectivity index (χ4v) is 3.81. The third kappa shape index (κ3) is 5.20. The van der Waals surface area contributed by atoms with Gasteiger partial charge in [-0.1, -0.05) is 78.3 Å². The Hall–Kier alpha value is -4.27. The average molecular weight is 469 g/mol. The largest absolute Gasteiger partial charge is 0.493 e. The smallest absolute Gasteiger partial charge is 0.266 e. The first kappa shape index (κ1) is 22.9. The Kier molecular flexibility index (Phi) is 7.12. The molecule has 0 spiro atoms. The molecule has 0 saturated carbocycles. The van der Waals surface area contributed by atoms with E-state index in [9.17, 15) is 10.1 Å². The lowest BCUT2D eigenvalue weighted by atomic mass is 10.1. The monoisotopic (exact) mass is 468 g/mol. The molecule has 0 aliphatic heterocycles. The molecule has 4 rings (SSSR count). The minimum Gasteiger partial charge on any atom is -0.493 e. The second-order valence-electron chi connectivity index (χ2n) is 7.46. The van der Waals surface area contributed by atoms with E-state index >= 15 is 0 Å². The zero-order valence-corrected chi connectivity index (χ0v) is 19.2. The molecule has 5 nitrogen and oxygen atoms in total. The Balaban J connectivity index is 1.58. The lowest BCUT2D eigenvalue weighted by Crippen LogP contribution is -2.13. The Morgan fingerprint density at radius 1 is 1.03 bits per heavy atom. The van der Waals surface area contributed by atoms with Crippen LogP contribution in [0.15, 0.2) is 90.5 Å². The first-order valence-corrected chi connectivity index (χ1v) is 10.9. The minimum atomic E-state index is -0.515. The number of methoxy groups -OCH3 is 1. The number of ether oxygens (including phenoxy) is 2.